The molecule has 2 aliphatic heterocycles. The van der Waals surface area contributed by atoms with Crippen LogP contribution in [-0.4, -0.2) is 19.9 Å². The minimum Gasteiger partial charge on any atom is -0.457 e. The topological polar surface area (TPSA) is 70.0 Å². The normalized spacial score (nSPS) is 13.1. The molecule has 4 aliphatic rings. The van der Waals surface area contributed by atoms with Gasteiger partial charge in [0.15, 0.2) is 11.6 Å². The molecular weight excluding hydrogens is 1360 g/mol. The van der Waals surface area contributed by atoms with Gasteiger partial charge in [0.25, 0.3) is 0 Å². The second kappa shape index (κ2) is 26.0. The van der Waals surface area contributed by atoms with E-state index in [0.29, 0.717) is 11.6 Å². The molecule has 0 unspecified atom stereocenters. The highest BCUT2D eigenvalue weighted by molar-refractivity contribution is 5.93. The van der Waals surface area contributed by atoms with Crippen LogP contribution in [-0.2, 0) is 10.8 Å². The molecule has 22 rings (SSSR count). The van der Waals surface area contributed by atoms with Crippen molar-refractivity contribution in [2.45, 2.75) is 10.8 Å². The van der Waals surface area contributed by atoms with Gasteiger partial charge in [-0.1, -0.05) is 334 Å². The van der Waals surface area contributed by atoms with Crippen LogP contribution in [0.4, 0.5) is 0 Å². The molecule has 2 spiro atoms. The van der Waals surface area contributed by atoms with E-state index in [1.807, 2.05) is 42.5 Å². The summed E-state index contributed by atoms with van der Waals surface area (Å²) >= 11 is 0. The van der Waals surface area contributed by atoms with Crippen LogP contribution in [0.1, 0.15) is 44.5 Å². The highest BCUT2D eigenvalue weighted by Gasteiger charge is 2.53. The second-order valence-corrected chi connectivity index (χ2v) is 29.4. The Bertz CT molecular complexity index is 6680. The third-order valence-electron chi connectivity index (χ3n) is 23.3. The van der Waals surface area contributed by atoms with Crippen LogP contribution >= 0.6 is 0 Å². The zero-order valence-corrected chi connectivity index (χ0v) is 60.7. The quantitative estimate of drug-likeness (QED) is 0.129. The first-order valence-corrected chi connectivity index (χ1v) is 38.2. The molecule has 4 heterocycles. The summed E-state index contributed by atoms with van der Waals surface area (Å²) in [7, 11) is 0. The number of hydrogen-bond acceptors (Lipinski definition) is 6. The monoisotopic (exact) mass is 1430 g/mol. The number of hydrogen-bond donors (Lipinski definition) is 0. The van der Waals surface area contributed by atoms with Crippen LogP contribution in [0.25, 0.3) is 146 Å². The average molecular weight is 1430 g/mol. The fraction of sp³-hybridized carbons (Fsp3) is 0.0189. The lowest BCUT2D eigenvalue weighted by molar-refractivity contribution is 0.436. The fourth-order valence-electron chi connectivity index (χ4n) is 18.1. The number of benzene rings is 16. The van der Waals surface area contributed by atoms with Gasteiger partial charge in [-0.15, -0.1) is 0 Å². The number of ether oxygens (including phenoxy) is 2. The first-order valence-electron chi connectivity index (χ1n) is 38.2. The molecule has 0 N–H and O–H groups in total. The zero-order valence-electron chi connectivity index (χ0n) is 60.7. The van der Waals surface area contributed by atoms with Crippen LogP contribution in [0.3, 0.4) is 0 Å². The maximum atomic E-state index is 7.26. The largest absolute Gasteiger partial charge is 0.457 e. The second-order valence-electron chi connectivity index (χ2n) is 29.4. The van der Waals surface area contributed by atoms with Gasteiger partial charge < -0.3 is 9.47 Å². The van der Waals surface area contributed by atoms with E-state index in [2.05, 4.69) is 358 Å². The van der Waals surface area contributed by atoms with Crippen molar-refractivity contribution >= 4 is 0 Å². The SMILES string of the molecule is c1ccc(-c2cc(-c3ccccc3)nc(-c3cccc(-c4ccc(-c5ccc6c(c5)Oc5ccc(-c7cccc(-c8cc(-c9ccccc9)nc(-c9cccc(-c%10cccc(-c%11ccc%12c(c%11)Oc%11ccccc%11C%12%11c%12ccccc%12-c%12ccccc%12%11)c%10)c9)n8)c7)cc5C65c6ccccc6-c6ccccc65)cc4)c3)n2)cc1. The van der Waals surface area contributed by atoms with Gasteiger partial charge in [0.1, 0.15) is 23.0 Å². The summed E-state index contributed by atoms with van der Waals surface area (Å²) in [6.07, 6.45) is 0. The van der Waals surface area contributed by atoms with Gasteiger partial charge in [0.05, 0.1) is 33.6 Å². The molecule has 0 bridgehead atoms. The molecule has 0 atom stereocenters. The Morgan fingerprint density at radius 2 is 0.420 bits per heavy atom. The Balaban J connectivity index is 0.588. The average Bonchev–Trinajstić information content (AvgIpc) is 1.49. The van der Waals surface area contributed by atoms with Gasteiger partial charge in [0, 0.05) is 55.6 Å². The Hall–Kier alpha value is -14.7. The number of para-hydroxylation sites is 1. The Morgan fingerprint density at radius 1 is 0.152 bits per heavy atom. The van der Waals surface area contributed by atoms with Crippen molar-refractivity contribution in [2.75, 3.05) is 0 Å². The van der Waals surface area contributed by atoms with Crippen LogP contribution < -0.4 is 9.47 Å². The van der Waals surface area contributed by atoms with E-state index in [9.17, 15) is 0 Å². The number of aromatic nitrogens is 4. The summed E-state index contributed by atoms with van der Waals surface area (Å²) in [4.78, 5) is 21.1. The van der Waals surface area contributed by atoms with E-state index in [4.69, 9.17) is 29.4 Å². The van der Waals surface area contributed by atoms with Gasteiger partial charge in [-0.25, -0.2) is 19.9 Å². The van der Waals surface area contributed by atoms with Crippen molar-refractivity contribution in [3.05, 3.63) is 445 Å². The van der Waals surface area contributed by atoms with Crippen LogP contribution in [0.2, 0.25) is 0 Å². The lowest BCUT2D eigenvalue weighted by Gasteiger charge is -2.40. The van der Waals surface area contributed by atoms with Crippen LogP contribution in [0.15, 0.2) is 400 Å². The smallest absolute Gasteiger partial charge is 0.160 e. The molecule has 0 fully saturated rings. The zero-order chi connectivity index (χ0) is 73.9. The highest BCUT2D eigenvalue weighted by Crippen LogP contribution is 2.65. The predicted octanol–water partition coefficient (Wildman–Crippen LogP) is 26.5. The molecule has 18 aromatic rings. The summed E-state index contributed by atoms with van der Waals surface area (Å²) in [6, 6.07) is 143. The lowest BCUT2D eigenvalue weighted by atomic mass is 9.65. The van der Waals surface area contributed by atoms with Gasteiger partial charge in [-0.05, 0) is 167 Å². The van der Waals surface area contributed by atoms with E-state index in [1.165, 1.54) is 44.5 Å². The molecular formula is C106H66N4O2. The maximum Gasteiger partial charge on any atom is 0.160 e. The van der Waals surface area contributed by atoms with Crippen LogP contribution in [0, 0.1) is 0 Å². The van der Waals surface area contributed by atoms with Crippen molar-refractivity contribution in [3.63, 3.8) is 0 Å². The summed E-state index contributed by atoms with van der Waals surface area (Å²) < 4.78 is 14.2. The van der Waals surface area contributed by atoms with E-state index >= 15 is 0 Å². The number of nitrogens with zero attached hydrogens (tertiary/aromatic N) is 4. The van der Waals surface area contributed by atoms with E-state index in [1.54, 1.807) is 0 Å². The van der Waals surface area contributed by atoms with Gasteiger partial charge >= 0.3 is 0 Å². The van der Waals surface area contributed by atoms with Crippen molar-refractivity contribution in [1.29, 1.82) is 0 Å². The Morgan fingerprint density at radius 3 is 0.857 bits per heavy atom. The molecule has 0 saturated carbocycles. The van der Waals surface area contributed by atoms with E-state index in [-0.39, 0.29) is 0 Å². The first-order chi connectivity index (χ1) is 55.4. The molecule has 522 valence electrons. The standard InChI is InChI=1S/C106H66N4O2/c1-4-24-69(25-5-1)95-65-96(70-26-6-2-7-27-70)108-103(107-95)81-36-22-30-72(60-81)67-48-50-68(51-49-67)78-52-55-93-101(63-78)112-100-57-54-77(62-94(100)106(93)89-44-16-12-40-85(89)86-41-13-17-45-90(86)106)75-33-21-35-80(59-75)98-66-97(71-28-8-3-9-29-71)109-104(110-98)82-37-23-34-76(61-82)73-31-20-32-74(58-73)79-53-56-92-102(64-79)111-99-47-19-18-46-91(99)105(92)87-42-14-10-38-83(87)84-39-11-15-43-88(84)105/h1-66H. The highest BCUT2D eigenvalue weighted by atomic mass is 16.5. The summed E-state index contributed by atoms with van der Waals surface area (Å²) in [5.41, 5.74) is 33.3. The van der Waals surface area contributed by atoms with Crippen molar-refractivity contribution in [1.82, 2.24) is 19.9 Å². The minimum absolute atomic E-state index is 0.526. The van der Waals surface area contributed by atoms with Crippen LogP contribution in [0.5, 0.6) is 23.0 Å². The maximum absolute atomic E-state index is 7.26. The van der Waals surface area contributed by atoms with Gasteiger partial charge in [-0.3, -0.25) is 0 Å². The lowest BCUT2D eigenvalue weighted by Crippen LogP contribution is -2.32. The summed E-state index contributed by atoms with van der Waals surface area (Å²) in [5.74, 6) is 4.69. The summed E-state index contributed by atoms with van der Waals surface area (Å²) in [5, 5.41) is 0. The van der Waals surface area contributed by atoms with Gasteiger partial charge in [-0.2, -0.15) is 0 Å². The van der Waals surface area contributed by atoms with Crippen molar-refractivity contribution in [2.24, 2.45) is 0 Å². The fourth-order valence-corrected chi connectivity index (χ4v) is 18.1. The third-order valence-corrected chi connectivity index (χ3v) is 23.3. The molecule has 0 radical (unpaired) electrons. The third kappa shape index (κ3) is 10.4. The molecule has 2 aromatic heterocycles. The summed E-state index contributed by atoms with van der Waals surface area (Å²) in [6.45, 7) is 0. The Labute approximate surface area is 649 Å². The molecule has 0 amide bonds. The molecule has 6 nitrogen and oxygen atoms in total. The van der Waals surface area contributed by atoms with Crippen molar-refractivity contribution < 1.29 is 9.47 Å². The first kappa shape index (κ1) is 64.5. The molecule has 2 aliphatic carbocycles. The minimum atomic E-state index is -0.699. The molecule has 0 saturated heterocycles. The molecule has 112 heavy (non-hydrogen) atoms. The predicted molar refractivity (Wildman–Crippen MR) is 452 cm³/mol. The van der Waals surface area contributed by atoms with E-state index < -0.39 is 10.8 Å². The van der Waals surface area contributed by atoms with Gasteiger partial charge in [0.2, 0.25) is 0 Å². The van der Waals surface area contributed by atoms with E-state index in [0.717, 1.165) is 157 Å². The number of rotatable bonds is 11. The van der Waals surface area contributed by atoms with Crippen molar-refractivity contribution in [3.8, 4) is 169 Å². The molecule has 16 aromatic carbocycles. The number of fused-ring (bicyclic) bond motifs is 18. The Kier molecular flexibility index (Phi) is 15.0. The molecule has 6 heteroatoms.